The second-order valence-electron chi connectivity index (χ2n) is 4.67. The number of fused-ring (bicyclic) bond motifs is 1. The highest BCUT2D eigenvalue weighted by Crippen LogP contribution is 2.34. The van der Waals surface area contributed by atoms with Crippen molar-refractivity contribution in [1.82, 2.24) is 10.2 Å². The summed E-state index contributed by atoms with van der Waals surface area (Å²) < 4.78 is 5.51. The average Bonchev–Trinajstić information content (AvgIpc) is 2.69. The van der Waals surface area contributed by atoms with Crippen LogP contribution in [0.5, 0.6) is 5.75 Å². The number of nitrogens with one attached hydrogen (secondary N) is 1. The van der Waals surface area contributed by atoms with E-state index < -0.39 is 0 Å². The molecule has 4 nitrogen and oxygen atoms in total. The van der Waals surface area contributed by atoms with Crippen molar-refractivity contribution in [3.8, 4) is 5.75 Å². The van der Waals surface area contributed by atoms with E-state index in [0.717, 1.165) is 38.3 Å². The largest absolute Gasteiger partial charge is 0.453 e. The first kappa shape index (κ1) is 11.4. The van der Waals surface area contributed by atoms with Gasteiger partial charge in [-0.15, -0.1) is 0 Å². The molecule has 0 amide bonds. The van der Waals surface area contributed by atoms with Crippen molar-refractivity contribution in [1.29, 1.82) is 0 Å². The zero-order valence-corrected chi connectivity index (χ0v) is 10.2. The topological polar surface area (TPSA) is 41.6 Å². The molecular formula is C14H16N2O2. The first-order valence-corrected chi connectivity index (χ1v) is 6.22. The molecule has 0 aliphatic carbocycles. The molecule has 0 saturated carbocycles. The molecule has 4 heteroatoms. The molecule has 0 radical (unpaired) electrons. The maximum atomic E-state index is 11.8. The van der Waals surface area contributed by atoms with E-state index in [2.05, 4.69) is 16.8 Å². The molecule has 18 heavy (non-hydrogen) atoms. The van der Waals surface area contributed by atoms with Crippen LogP contribution in [0.25, 0.3) is 0 Å². The predicted molar refractivity (Wildman–Crippen MR) is 68.7 cm³/mol. The van der Waals surface area contributed by atoms with Crippen LogP contribution in [0.1, 0.15) is 15.9 Å². The second-order valence-corrected chi connectivity index (χ2v) is 4.67. The molecule has 0 unspecified atom stereocenters. The number of para-hydroxylation sites is 1. The van der Waals surface area contributed by atoms with E-state index >= 15 is 0 Å². The maximum absolute atomic E-state index is 11.8. The molecular weight excluding hydrogens is 228 g/mol. The molecule has 2 heterocycles. The Labute approximate surface area is 106 Å². The molecule has 94 valence electrons. The molecule has 1 fully saturated rings. The number of nitrogens with zero attached hydrogens (tertiary/aromatic N) is 1. The number of rotatable bonds is 2. The summed E-state index contributed by atoms with van der Waals surface area (Å²) in [4.78, 5) is 14.2. The van der Waals surface area contributed by atoms with Crippen LogP contribution < -0.4 is 10.1 Å². The van der Waals surface area contributed by atoms with Crippen molar-refractivity contribution in [3.63, 3.8) is 0 Å². The molecule has 1 aromatic rings. The predicted octanol–water partition coefficient (Wildman–Crippen LogP) is 1.18. The molecule has 1 aromatic carbocycles. The first-order valence-electron chi connectivity index (χ1n) is 6.22. The van der Waals surface area contributed by atoms with Crippen molar-refractivity contribution in [2.24, 2.45) is 0 Å². The fraction of sp³-hybridized carbons (Fsp3) is 0.357. The summed E-state index contributed by atoms with van der Waals surface area (Å²) in [6.07, 6.45) is 0. The van der Waals surface area contributed by atoms with E-state index in [9.17, 15) is 4.79 Å². The van der Waals surface area contributed by atoms with E-state index in [-0.39, 0.29) is 11.5 Å². The fourth-order valence-corrected chi connectivity index (χ4v) is 2.44. The number of piperazine rings is 1. The summed E-state index contributed by atoms with van der Waals surface area (Å²) in [6, 6.07) is 5.74. The summed E-state index contributed by atoms with van der Waals surface area (Å²) in [7, 11) is 0. The van der Waals surface area contributed by atoms with Gasteiger partial charge in [0.15, 0.2) is 5.76 Å². The Morgan fingerprint density at radius 1 is 1.33 bits per heavy atom. The quantitative estimate of drug-likeness (QED) is 0.793. The number of hydrogen-bond acceptors (Lipinski definition) is 4. The molecule has 3 rings (SSSR count). The van der Waals surface area contributed by atoms with Gasteiger partial charge in [0.25, 0.3) is 0 Å². The van der Waals surface area contributed by atoms with Gasteiger partial charge in [-0.1, -0.05) is 18.7 Å². The minimum absolute atomic E-state index is 0.0906. The molecule has 0 spiro atoms. The SMILES string of the molecule is C=C1Oc2c(CN3CCNCC3)cccc2C1=O. The van der Waals surface area contributed by atoms with Gasteiger partial charge in [0.2, 0.25) is 5.78 Å². The third-order valence-electron chi connectivity index (χ3n) is 3.42. The van der Waals surface area contributed by atoms with Gasteiger partial charge in [0.05, 0.1) is 5.56 Å². The Morgan fingerprint density at radius 2 is 2.11 bits per heavy atom. The smallest absolute Gasteiger partial charge is 0.231 e. The number of benzene rings is 1. The van der Waals surface area contributed by atoms with E-state index in [1.54, 1.807) is 6.07 Å². The van der Waals surface area contributed by atoms with Crippen LogP contribution in [0.4, 0.5) is 0 Å². The number of ketones is 1. The summed E-state index contributed by atoms with van der Waals surface area (Å²) in [5, 5.41) is 3.33. The Balaban J connectivity index is 1.85. The molecule has 1 N–H and O–H groups in total. The number of carbonyl (C=O) groups is 1. The molecule has 0 aromatic heterocycles. The average molecular weight is 244 g/mol. The van der Waals surface area contributed by atoms with Crippen LogP contribution in [0.15, 0.2) is 30.5 Å². The van der Waals surface area contributed by atoms with Gasteiger partial charge in [0.1, 0.15) is 5.75 Å². The second kappa shape index (κ2) is 4.55. The van der Waals surface area contributed by atoms with Gasteiger partial charge in [-0.2, -0.15) is 0 Å². The van der Waals surface area contributed by atoms with Crippen LogP contribution in [-0.2, 0) is 6.54 Å². The van der Waals surface area contributed by atoms with Crippen molar-refractivity contribution >= 4 is 5.78 Å². The zero-order chi connectivity index (χ0) is 12.5. The summed E-state index contributed by atoms with van der Waals surface area (Å²) >= 11 is 0. The summed E-state index contributed by atoms with van der Waals surface area (Å²) in [5.74, 6) is 0.843. The third kappa shape index (κ3) is 1.94. The lowest BCUT2D eigenvalue weighted by atomic mass is 10.1. The number of Topliss-reactive ketones (excluding diaryl/α,β-unsaturated/α-hetero) is 1. The number of hydrogen-bond donors (Lipinski definition) is 1. The molecule has 0 atom stereocenters. The van der Waals surface area contributed by atoms with Gasteiger partial charge in [0, 0.05) is 38.3 Å². The Kier molecular flexibility index (Phi) is 2.89. The van der Waals surface area contributed by atoms with Crippen molar-refractivity contribution < 1.29 is 9.53 Å². The van der Waals surface area contributed by atoms with Gasteiger partial charge in [-0.05, 0) is 6.07 Å². The highest BCUT2D eigenvalue weighted by molar-refractivity contribution is 6.12. The zero-order valence-electron chi connectivity index (χ0n) is 10.2. The van der Waals surface area contributed by atoms with Gasteiger partial charge >= 0.3 is 0 Å². The normalized spacial score (nSPS) is 19.8. The summed E-state index contributed by atoms with van der Waals surface area (Å²) in [5.41, 5.74) is 1.72. The Morgan fingerprint density at radius 3 is 2.89 bits per heavy atom. The van der Waals surface area contributed by atoms with Crippen molar-refractivity contribution in [3.05, 3.63) is 41.7 Å². The lowest BCUT2D eigenvalue weighted by molar-refractivity contribution is 0.101. The van der Waals surface area contributed by atoms with Crippen LogP contribution in [-0.4, -0.2) is 36.9 Å². The molecule has 1 saturated heterocycles. The number of allylic oxidation sites excluding steroid dienone is 1. The summed E-state index contributed by atoms with van der Waals surface area (Å²) in [6.45, 7) is 8.55. The third-order valence-corrected chi connectivity index (χ3v) is 3.42. The first-order chi connectivity index (χ1) is 8.75. The van der Waals surface area contributed by atoms with Crippen molar-refractivity contribution in [2.45, 2.75) is 6.54 Å². The van der Waals surface area contributed by atoms with E-state index in [4.69, 9.17) is 4.74 Å². The van der Waals surface area contributed by atoms with Crippen LogP contribution in [0.2, 0.25) is 0 Å². The van der Waals surface area contributed by atoms with E-state index in [1.807, 2.05) is 12.1 Å². The number of carbonyl (C=O) groups excluding carboxylic acids is 1. The fourth-order valence-electron chi connectivity index (χ4n) is 2.44. The standard InChI is InChI=1S/C14H16N2O2/c1-10-13(17)12-4-2-3-11(14(12)18-10)9-16-7-5-15-6-8-16/h2-4,15H,1,5-9H2. The van der Waals surface area contributed by atoms with Crippen LogP contribution in [0.3, 0.4) is 0 Å². The molecule has 2 aliphatic rings. The Hall–Kier alpha value is -1.65. The number of ether oxygens (including phenoxy) is 1. The van der Waals surface area contributed by atoms with E-state index in [0.29, 0.717) is 11.3 Å². The van der Waals surface area contributed by atoms with Gasteiger partial charge < -0.3 is 10.1 Å². The van der Waals surface area contributed by atoms with Crippen molar-refractivity contribution in [2.75, 3.05) is 26.2 Å². The van der Waals surface area contributed by atoms with Gasteiger partial charge in [-0.25, -0.2) is 0 Å². The minimum atomic E-state index is -0.0906. The molecule has 0 bridgehead atoms. The lowest BCUT2D eigenvalue weighted by Crippen LogP contribution is -2.42. The Bertz CT molecular complexity index is 505. The van der Waals surface area contributed by atoms with Crippen LogP contribution in [0, 0.1) is 0 Å². The lowest BCUT2D eigenvalue weighted by Gasteiger charge is -2.27. The highest BCUT2D eigenvalue weighted by Gasteiger charge is 2.28. The highest BCUT2D eigenvalue weighted by atomic mass is 16.5. The van der Waals surface area contributed by atoms with E-state index in [1.165, 1.54) is 0 Å². The monoisotopic (exact) mass is 244 g/mol. The minimum Gasteiger partial charge on any atom is -0.453 e. The maximum Gasteiger partial charge on any atom is 0.231 e. The van der Waals surface area contributed by atoms with Gasteiger partial charge in [-0.3, -0.25) is 9.69 Å². The molecule has 2 aliphatic heterocycles. The van der Waals surface area contributed by atoms with Crippen LogP contribution >= 0.6 is 0 Å².